The summed E-state index contributed by atoms with van der Waals surface area (Å²) in [4.78, 5) is 14.3. The summed E-state index contributed by atoms with van der Waals surface area (Å²) in [6.45, 7) is 4.68. The van der Waals surface area contributed by atoms with Gasteiger partial charge in [0.25, 0.3) is 0 Å². The highest BCUT2D eigenvalue weighted by atomic mass is 35.5. The average molecular weight is 312 g/mol. The first-order valence-corrected chi connectivity index (χ1v) is 7.48. The second kappa shape index (κ2) is 9.03. The number of amides is 1. The van der Waals surface area contributed by atoms with Gasteiger partial charge in [0, 0.05) is 11.7 Å². The number of aryl methyl sites for hydroxylation is 1. The van der Waals surface area contributed by atoms with E-state index in [-0.39, 0.29) is 18.3 Å². The number of likely N-dealkylation sites (N-methyl/N-ethyl adjacent to an activating group) is 1. The van der Waals surface area contributed by atoms with Gasteiger partial charge in [0.05, 0.1) is 6.54 Å². The van der Waals surface area contributed by atoms with Gasteiger partial charge in [-0.3, -0.25) is 9.69 Å². The second-order valence-corrected chi connectivity index (χ2v) is 5.50. The molecule has 2 rings (SSSR count). The third-order valence-corrected chi connectivity index (χ3v) is 3.94. The summed E-state index contributed by atoms with van der Waals surface area (Å²) in [5.74, 6) is 0.0688. The quantitative estimate of drug-likeness (QED) is 0.877. The molecule has 0 aliphatic carbocycles. The number of hydrogen-bond donors (Lipinski definition) is 2. The monoisotopic (exact) mass is 311 g/mol. The van der Waals surface area contributed by atoms with Gasteiger partial charge in [-0.05, 0) is 57.1 Å². The van der Waals surface area contributed by atoms with Crippen molar-refractivity contribution in [2.24, 2.45) is 0 Å². The molecule has 5 heteroatoms. The molecule has 1 aromatic rings. The van der Waals surface area contributed by atoms with E-state index < -0.39 is 0 Å². The van der Waals surface area contributed by atoms with Crippen molar-refractivity contribution in [1.82, 2.24) is 10.2 Å². The number of rotatable bonds is 5. The number of halogens is 1. The molecule has 21 heavy (non-hydrogen) atoms. The van der Waals surface area contributed by atoms with Crippen LogP contribution in [-0.4, -0.2) is 43.5 Å². The van der Waals surface area contributed by atoms with Crippen molar-refractivity contribution in [1.29, 1.82) is 0 Å². The molecule has 1 aliphatic heterocycles. The van der Waals surface area contributed by atoms with Crippen LogP contribution in [0.5, 0.6) is 0 Å². The van der Waals surface area contributed by atoms with Crippen molar-refractivity contribution in [3.63, 3.8) is 0 Å². The summed E-state index contributed by atoms with van der Waals surface area (Å²) in [6, 6.07) is 8.58. The highest BCUT2D eigenvalue weighted by Crippen LogP contribution is 2.12. The number of nitrogens with one attached hydrogen (secondary N) is 2. The highest BCUT2D eigenvalue weighted by molar-refractivity contribution is 5.92. The minimum Gasteiger partial charge on any atom is -0.325 e. The lowest BCUT2D eigenvalue weighted by molar-refractivity contribution is -0.117. The van der Waals surface area contributed by atoms with Crippen molar-refractivity contribution < 1.29 is 4.79 Å². The van der Waals surface area contributed by atoms with Crippen LogP contribution in [0.1, 0.15) is 25.3 Å². The summed E-state index contributed by atoms with van der Waals surface area (Å²) < 4.78 is 0. The van der Waals surface area contributed by atoms with E-state index in [4.69, 9.17) is 0 Å². The van der Waals surface area contributed by atoms with Gasteiger partial charge in [0.15, 0.2) is 0 Å². The Labute approximate surface area is 133 Å². The Morgan fingerprint density at radius 3 is 2.76 bits per heavy atom. The van der Waals surface area contributed by atoms with Gasteiger partial charge in [0.2, 0.25) is 5.91 Å². The van der Waals surface area contributed by atoms with Crippen LogP contribution < -0.4 is 10.6 Å². The fourth-order valence-electron chi connectivity index (χ4n) is 2.67. The Morgan fingerprint density at radius 1 is 1.38 bits per heavy atom. The first-order valence-electron chi connectivity index (χ1n) is 7.48. The molecule has 1 aliphatic rings. The normalized spacial score (nSPS) is 15.6. The number of hydrogen-bond acceptors (Lipinski definition) is 3. The zero-order chi connectivity index (χ0) is 14.4. The Kier molecular flexibility index (Phi) is 7.72. The molecule has 4 nitrogen and oxygen atoms in total. The van der Waals surface area contributed by atoms with Gasteiger partial charge in [0.1, 0.15) is 0 Å². The SMILES string of the molecule is CCc1cccc(NC(=O)CN(C)C2CCNCC2)c1.Cl. The smallest absolute Gasteiger partial charge is 0.238 e. The van der Waals surface area contributed by atoms with Gasteiger partial charge in [-0.1, -0.05) is 19.1 Å². The number of carbonyl (C=O) groups is 1. The Balaban J connectivity index is 0.00000220. The number of piperidine rings is 1. The zero-order valence-corrected chi connectivity index (χ0v) is 13.7. The Hall–Kier alpha value is -1.10. The van der Waals surface area contributed by atoms with Crippen LogP contribution in [0.3, 0.4) is 0 Å². The molecule has 0 aromatic heterocycles. The van der Waals surface area contributed by atoms with Crippen molar-refractivity contribution in [3.05, 3.63) is 29.8 Å². The maximum Gasteiger partial charge on any atom is 0.238 e. The van der Waals surface area contributed by atoms with Gasteiger partial charge in [-0.15, -0.1) is 12.4 Å². The van der Waals surface area contributed by atoms with Crippen LogP contribution in [0.4, 0.5) is 5.69 Å². The standard InChI is InChI=1S/C16H25N3O.ClH/c1-3-13-5-4-6-14(11-13)18-16(20)12-19(2)15-7-9-17-10-8-15;/h4-6,11,15,17H,3,7-10,12H2,1-2H3,(H,18,20);1H. The Morgan fingerprint density at radius 2 is 2.10 bits per heavy atom. The summed E-state index contributed by atoms with van der Waals surface area (Å²) >= 11 is 0. The van der Waals surface area contributed by atoms with Crippen molar-refractivity contribution in [2.75, 3.05) is 32.0 Å². The zero-order valence-electron chi connectivity index (χ0n) is 12.9. The second-order valence-electron chi connectivity index (χ2n) is 5.50. The molecule has 118 valence electrons. The molecule has 1 heterocycles. The van der Waals surface area contributed by atoms with E-state index in [0.29, 0.717) is 12.6 Å². The maximum absolute atomic E-state index is 12.1. The molecule has 0 atom stereocenters. The summed E-state index contributed by atoms with van der Waals surface area (Å²) in [7, 11) is 2.04. The van der Waals surface area contributed by atoms with Crippen LogP contribution in [0.25, 0.3) is 0 Å². The highest BCUT2D eigenvalue weighted by Gasteiger charge is 2.19. The molecular formula is C16H26ClN3O. The number of nitrogens with zero attached hydrogens (tertiary/aromatic N) is 1. The van der Waals surface area contributed by atoms with E-state index in [0.717, 1.165) is 38.0 Å². The molecule has 1 saturated heterocycles. The fraction of sp³-hybridized carbons (Fsp3) is 0.562. The van der Waals surface area contributed by atoms with Gasteiger partial charge < -0.3 is 10.6 Å². The lowest BCUT2D eigenvalue weighted by Gasteiger charge is -2.31. The molecule has 2 N–H and O–H groups in total. The summed E-state index contributed by atoms with van der Waals surface area (Å²) in [5, 5.41) is 6.34. The maximum atomic E-state index is 12.1. The van der Waals surface area contributed by atoms with E-state index in [1.165, 1.54) is 5.56 Å². The molecule has 0 unspecified atom stereocenters. The van der Waals surface area contributed by atoms with Crippen molar-refractivity contribution >= 4 is 24.0 Å². The van der Waals surface area contributed by atoms with E-state index in [2.05, 4.69) is 28.5 Å². The molecule has 1 amide bonds. The molecule has 1 fully saturated rings. The topological polar surface area (TPSA) is 44.4 Å². The van der Waals surface area contributed by atoms with Crippen molar-refractivity contribution in [3.8, 4) is 0 Å². The number of benzene rings is 1. The average Bonchev–Trinajstić information content (AvgIpc) is 2.48. The van der Waals surface area contributed by atoms with E-state index in [1.54, 1.807) is 0 Å². The molecule has 0 radical (unpaired) electrons. The summed E-state index contributed by atoms with van der Waals surface area (Å²) in [6.07, 6.45) is 3.23. The lowest BCUT2D eigenvalue weighted by Crippen LogP contribution is -2.44. The van der Waals surface area contributed by atoms with Crippen LogP contribution in [-0.2, 0) is 11.2 Å². The van der Waals surface area contributed by atoms with Gasteiger partial charge >= 0.3 is 0 Å². The minimum absolute atomic E-state index is 0. The van der Waals surface area contributed by atoms with E-state index in [1.807, 2.05) is 25.2 Å². The molecule has 0 saturated carbocycles. The largest absolute Gasteiger partial charge is 0.325 e. The predicted molar refractivity (Wildman–Crippen MR) is 90.2 cm³/mol. The third kappa shape index (κ3) is 5.65. The first-order chi connectivity index (χ1) is 9.69. The molecule has 0 spiro atoms. The van der Waals surface area contributed by atoms with Crippen LogP contribution in [0, 0.1) is 0 Å². The molecular weight excluding hydrogens is 286 g/mol. The molecule has 1 aromatic carbocycles. The van der Waals surface area contributed by atoms with Gasteiger partial charge in [-0.2, -0.15) is 0 Å². The van der Waals surface area contributed by atoms with Crippen molar-refractivity contribution in [2.45, 2.75) is 32.2 Å². The number of anilines is 1. The minimum atomic E-state index is 0. The van der Waals surface area contributed by atoms with Crippen LogP contribution in [0.15, 0.2) is 24.3 Å². The van der Waals surface area contributed by atoms with Crippen LogP contribution in [0.2, 0.25) is 0 Å². The van der Waals surface area contributed by atoms with Crippen LogP contribution >= 0.6 is 12.4 Å². The molecule has 0 bridgehead atoms. The number of carbonyl (C=O) groups excluding carboxylic acids is 1. The van der Waals surface area contributed by atoms with E-state index in [9.17, 15) is 4.79 Å². The third-order valence-electron chi connectivity index (χ3n) is 3.94. The lowest BCUT2D eigenvalue weighted by atomic mass is 10.1. The first kappa shape index (κ1) is 18.0. The fourth-order valence-corrected chi connectivity index (χ4v) is 2.67. The van der Waals surface area contributed by atoms with E-state index >= 15 is 0 Å². The Bertz CT molecular complexity index is 447. The predicted octanol–water partition coefficient (Wildman–Crippen LogP) is 2.29. The summed E-state index contributed by atoms with van der Waals surface area (Å²) in [5.41, 5.74) is 2.14. The van der Waals surface area contributed by atoms with Gasteiger partial charge in [-0.25, -0.2) is 0 Å².